The zero-order chi connectivity index (χ0) is 13.1. The van der Waals surface area contributed by atoms with E-state index in [1.54, 1.807) is 6.20 Å². The van der Waals surface area contributed by atoms with Crippen molar-refractivity contribution < 1.29 is 4.74 Å². The van der Waals surface area contributed by atoms with E-state index in [2.05, 4.69) is 4.98 Å². The molecule has 0 aliphatic carbocycles. The Kier molecular flexibility index (Phi) is 3.51. The number of nitrogens with two attached hydrogens (primary N) is 1. The van der Waals surface area contributed by atoms with Crippen molar-refractivity contribution in [2.45, 2.75) is 26.9 Å². The third-order valence-corrected chi connectivity index (χ3v) is 2.68. The van der Waals surface area contributed by atoms with Crippen molar-refractivity contribution in [2.24, 2.45) is 0 Å². The molecule has 1 aromatic heterocycles. The fourth-order valence-corrected chi connectivity index (χ4v) is 1.74. The molecular formula is C15H18N2O. The van der Waals surface area contributed by atoms with Gasteiger partial charge in [-0.05, 0) is 50.1 Å². The van der Waals surface area contributed by atoms with Crippen LogP contribution in [-0.2, 0) is 0 Å². The summed E-state index contributed by atoms with van der Waals surface area (Å²) < 4.78 is 5.61. The van der Waals surface area contributed by atoms with Crippen LogP contribution >= 0.6 is 0 Å². The van der Waals surface area contributed by atoms with Gasteiger partial charge in [-0.25, -0.2) is 4.98 Å². The smallest absolute Gasteiger partial charge is 0.126 e. The fourth-order valence-electron chi connectivity index (χ4n) is 1.74. The van der Waals surface area contributed by atoms with Crippen LogP contribution in [0.25, 0.3) is 11.1 Å². The molecule has 3 nitrogen and oxygen atoms in total. The van der Waals surface area contributed by atoms with Crippen molar-refractivity contribution >= 4 is 5.82 Å². The predicted molar refractivity (Wildman–Crippen MR) is 74.6 cm³/mol. The van der Waals surface area contributed by atoms with Gasteiger partial charge >= 0.3 is 0 Å². The molecule has 94 valence electrons. The maximum absolute atomic E-state index is 5.71. The van der Waals surface area contributed by atoms with E-state index in [0.29, 0.717) is 5.82 Å². The number of ether oxygens (including phenoxy) is 1. The molecule has 0 aliphatic rings. The van der Waals surface area contributed by atoms with Crippen molar-refractivity contribution in [3.63, 3.8) is 0 Å². The first-order valence-corrected chi connectivity index (χ1v) is 6.05. The van der Waals surface area contributed by atoms with Gasteiger partial charge in [0.1, 0.15) is 11.6 Å². The number of nitrogens with zero attached hydrogens (tertiary/aromatic N) is 1. The Bertz CT molecular complexity index is 533. The third kappa shape index (κ3) is 2.80. The second-order valence-electron chi connectivity index (χ2n) is 4.62. The SMILES string of the molecule is Cc1cc(-c2ccc(OC(C)C)cc2)cnc1N. The Labute approximate surface area is 108 Å². The molecule has 0 saturated heterocycles. The lowest BCUT2D eigenvalue weighted by molar-refractivity contribution is 0.242. The summed E-state index contributed by atoms with van der Waals surface area (Å²) in [6.45, 7) is 5.99. The van der Waals surface area contributed by atoms with Gasteiger partial charge < -0.3 is 10.5 Å². The monoisotopic (exact) mass is 242 g/mol. The number of anilines is 1. The summed E-state index contributed by atoms with van der Waals surface area (Å²) >= 11 is 0. The summed E-state index contributed by atoms with van der Waals surface area (Å²) in [5.41, 5.74) is 8.89. The highest BCUT2D eigenvalue weighted by Crippen LogP contribution is 2.24. The van der Waals surface area contributed by atoms with Crippen LogP contribution in [0.1, 0.15) is 19.4 Å². The topological polar surface area (TPSA) is 48.1 Å². The van der Waals surface area contributed by atoms with Crippen LogP contribution in [0.5, 0.6) is 5.75 Å². The molecule has 0 spiro atoms. The highest BCUT2D eigenvalue weighted by atomic mass is 16.5. The van der Waals surface area contributed by atoms with Crippen LogP contribution in [0.4, 0.5) is 5.82 Å². The molecule has 0 bridgehead atoms. The van der Waals surface area contributed by atoms with E-state index < -0.39 is 0 Å². The number of aromatic nitrogens is 1. The average Bonchev–Trinajstić information content (AvgIpc) is 2.33. The standard InChI is InChI=1S/C15H18N2O/c1-10(2)18-14-6-4-12(5-7-14)13-8-11(3)15(16)17-9-13/h4-10H,1-3H3,(H2,16,17). The lowest BCUT2D eigenvalue weighted by Crippen LogP contribution is -2.05. The number of benzene rings is 1. The van der Waals surface area contributed by atoms with Gasteiger partial charge in [0.2, 0.25) is 0 Å². The Morgan fingerprint density at radius 3 is 2.33 bits per heavy atom. The molecule has 0 atom stereocenters. The minimum atomic E-state index is 0.191. The molecule has 3 heteroatoms. The largest absolute Gasteiger partial charge is 0.491 e. The summed E-state index contributed by atoms with van der Waals surface area (Å²) in [5.74, 6) is 1.47. The first kappa shape index (κ1) is 12.4. The molecule has 18 heavy (non-hydrogen) atoms. The van der Waals surface area contributed by atoms with Crippen LogP contribution in [0.2, 0.25) is 0 Å². The van der Waals surface area contributed by atoms with Crippen molar-refractivity contribution in [1.29, 1.82) is 0 Å². The number of hydrogen-bond donors (Lipinski definition) is 1. The molecule has 0 amide bonds. The van der Waals surface area contributed by atoms with Crippen LogP contribution in [0.3, 0.4) is 0 Å². The second kappa shape index (κ2) is 5.08. The van der Waals surface area contributed by atoms with Crippen LogP contribution in [0.15, 0.2) is 36.5 Å². The summed E-state index contributed by atoms with van der Waals surface area (Å²) in [5, 5.41) is 0. The maximum atomic E-state index is 5.71. The van der Waals surface area contributed by atoms with Crippen LogP contribution < -0.4 is 10.5 Å². The number of nitrogen functional groups attached to an aromatic ring is 1. The van der Waals surface area contributed by atoms with Crippen molar-refractivity contribution in [3.8, 4) is 16.9 Å². The zero-order valence-corrected chi connectivity index (χ0v) is 11.0. The minimum absolute atomic E-state index is 0.191. The molecule has 0 radical (unpaired) electrons. The molecule has 1 aromatic carbocycles. The van der Waals surface area contributed by atoms with Gasteiger partial charge in [0.15, 0.2) is 0 Å². The van der Waals surface area contributed by atoms with Gasteiger partial charge in [-0.3, -0.25) is 0 Å². The Hall–Kier alpha value is -2.03. The van der Waals surface area contributed by atoms with E-state index in [9.17, 15) is 0 Å². The normalized spacial score (nSPS) is 10.7. The summed E-state index contributed by atoms with van der Waals surface area (Å²) in [6.07, 6.45) is 1.98. The maximum Gasteiger partial charge on any atom is 0.126 e. The zero-order valence-electron chi connectivity index (χ0n) is 11.0. The van der Waals surface area contributed by atoms with Gasteiger partial charge in [-0.1, -0.05) is 12.1 Å². The minimum Gasteiger partial charge on any atom is -0.491 e. The van der Waals surface area contributed by atoms with Gasteiger partial charge in [0, 0.05) is 11.8 Å². The first-order valence-electron chi connectivity index (χ1n) is 6.05. The second-order valence-corrected chi connectivity index (χ2v) is 4.62. The number of rotatable bonds is 3. The highest BCUT2D eigenvalue weighted by Gasteiger charge is 2.02. The first-order chi connectivity index (χ1) is 8.56. The number of aryl methyl sites for hydroxylation is 1. The lowest BCUT2D eigenvalue weighted by Gasteiger charge is -2.10. The summed E-state index contributed by atoms with van der Waals surface area (Å²) in [7, 11) is 0. The van der Waals surface area contributed by atoms with Gasteiger partial charge in [0.25, 0.3) is 0 Å². The third-order valence-electron chi connectivity index (χ3n) is 2.68. The van der Waals surface area contributed by atoms with Crippen molar-refractivity contribution in [3.05, 3.63) is 42.1 Å². The van der Waals surface area contributed by atoms with E-state index in [1.807, 2.05) is 51.1 Å². The summed E-state index contributed by atoms with van der Waals surface area (Å²) in [4.78, 5) is 4.17. The van der Waals surface area contributed by atoms with Crippen molar-refractivity contribution in [2.75, 3.05) is 5.73 Å². The van der Waals surface area contributed by atoms with E-state index in [4.69, 9.17) is 10.5 Å². The van der Waals surface area contributed by atoms with Crippen LogP contribution in [0, 0.1) is 6.92 Å². The molecule has 0 saturated carbocycles. The highest BCUT2D eigenvalue weighted by molar-refractivity contribution is 5.65. The molecule has 0 aliphatic heterocycles. The van der Waals surface area contributed by atoms with E-state index in [1.165, 1.54) is 0 Å². The summed E-state index contributed by atoms with van der Waals surface area (Å²) in [6, 6.07) is 10.1. The Balaban J connectivity index is 2.25. The van der Waals surface area contributed by atoms with E-state index in [-0.39, 0.29) is 6.10 Å². The molecular weight excluding hydrogens is 224 g/mol. The predicted octanol–water partition coefficient (Wildman–Crippen LogP) is 3.43. The van der Waals surface area contributed by atoms with Gasteiger partial charge in [0.05, 0.1) is 6.10 Å². The number of hydrogen-bond acceptors (Lipinski definition) is 3. The average molecular weight is 242 g/mol. The molecule has 0 fully saturated rings. The van der Waals surface area contributed by atoms with E-state index in [0.717, 1.165) is 22.4 Å². The fraction of sp³-hybridized carbons (Fsp3) is 0.267. The van der Waals surface area contributed by atoms with Gasteiger partial charge in [-0.2, -0.15) is 0 Å². The number of pyridine rings is 1. The quantitative estimate of drug-likeness (QED) is 0.897. The molecule has 1 heterocycles. The van der Waals surface area contributed by atoms with E-state index >= 15 is 0 Å². The lowest BCUT2D eigenvalue weighted by atomic mass is 10.1. The molecule has 0 unspecified atom stereocenters. The molecule has 2 aromatic rings. The Morgan fingerprint density at radius 2 is 1.78 bits per heavy atom. The molecule has 2 N–H and O–H groups in total. The molecule has 2 rings (SSSR count). The van der Waals surface area contributed by atoms with Crippen LogP contribution in [-0.4, -0.2) is 11.1 Å². The Morgan fingerprint density at radius 1 is 1.11 bits per heavy atom. The van der Waals surface area contributed by atoms with Crippen molar-refractivity contribution in [1.82, 2.24) is 4.98 Å². The van der Waals surface area contributed by atoms with Gasteiger partial charge in [-0.15, -0.1) is 0 Å².